The van der Waals surface area contributed by atoms with Crippen LogP contribution in [0.4, 0.5) is 0 Å². The quantitative estimate of drug-likeness (QED) is 0.701. The van der Waals surface area contributed by atoms with Crippen LogP contribution in [0.15, 0.2) is 24.3 Å². The summed E-state index contributed by atoms with van der Waals surface area (Å²) >= 11 is 0. The summed E-state index contributed by atoms with van der Waals surface area (Å²) in [5.74, 6) is 0. The van der Waals surface area contributed by atoms with Gasteiger partial charge in [0.15, 0.2) is 0 Å². The van der Waals surface area contributed by atoms with E-state index in [-0.39, 0.29) is 11.5 Å². The Bertz CT molecular complexity index is 283. The molecule has 2 N–H and O–H groups in total. The summed E-state index contributed by atoms with van der Waals surface area (Å²) in [5, 5.41) is 0. The Hall–Kier alpha value is -0.820. The zero-order chi connectivity index (χ0) is 10.1. The third kappa shape index (κ3) is 2.31. The average Bonchev–Trinajstić information content (AvgIpc) is 2.02. The number of hydrogen-bond acceptors (Lipinski definition) is 1. The second-order valence-corrected chi connectivity index (χ2v) is 4.70. The molecule has 13 heavy (non-hydrogen) atoms. The smallest absolute Gasteiger partial charge is 0.0346 e. The Balaban J connectivity index is 3.02. The van der Waals surface area contributed by atoms with E-state index in [0.29, 0.717) is 0 Å². The molecule has 1 rings (SSSR count). The summed E-state index contributed by atoms with van der Waals surface area (Å²) in [6.45, 7) is 8.62. The van der Waals surface area contributed by atoms with Gasteiger partial charge >= 0.3 is 0 Å². The molecule has 1 aromatic rings. The average molecular weight is 177 g/mol. The van der Waals surface area contributed by atoms with Crippen molar-refractivity contribution in [3.8, 4) is 0 Å². The highest BCUT2D eigenvalue weighted by atomic mass is 14.7. The van der Waals surface area contributed by atoms with Crippen molar-refractivity contribution in [1.82, 2.24) is 0 Å². The van der Waals surface area contributed by atoms with Crippen molar-refractivity contribution >= 4 is 0 Å². The molecular formula is C12H19N. The van der Waals surface area contributed by atoms with Gasteiger partial charge in [-0.1, -0.05) is 45.0 Å². The molecule has 0 spiro atoms. The van der Waals surface area contributed by atoms with Crippen LogP contribution in [0.3, 0.4) is 0 Å². The van der Waals surface area contributed by atoms with Crippen LogP contribution in [0.25, 0.3) is 0 Å². The molecule has 1 aromatic carbocycles. The van der Waals surface area contributed by atoms with Gasteiger partial charge in [0.05, 0.1) is 0 Å². The number of hydrogen-bond donors (Lipinski definition) is 1. The van der Waals surface area contributed by atoms with Gasteiger partial charge in [-0.3, -0.25) is 0 Å². The fraction of sp³-hybridized carbons (Fsp3) is 0.500. The molecule has 0 amide bonds. The highest BCUT2D eigenvalue weighted by Crippen LogP contribution is 2.31. The van der Waals surface area contributed by atoms with Crippen molar-refractivity contribution < 1.29 is 0 Å². The molecule has 0 heterocycles. The molecule has 0 saturated carbocycles. The van der Waals surface area contributed by atoms with Gasteiger partial charge in [0, 0.05) is 6.04 Å². The lowest BCUT2D eigenvalue weighted by Crippen LogP contribution is -2.26. The molecule has 1 nitrogen and oxygen atoms in total. The van der Waals surface area contributed by atoms with Gasteiger partial charge in [0.2, 0.25) is 0 Å². The molecule has 0 aliphatic carbocycles. The fourth-order valence-electron chi connectivity index (χ4n) is 1.40. The Morgan fingerprint density at radius 1 is 1.15 bits per heavy atom. The first-order valence-corrected chi connectivity index (χ1v) is 4.74. The molecular weight excluding hydrogens is 158 g/mol. The predicted molar refractivity (Wildman–Crippen MR) is 57.6 cm³/mol. The first-order valence-electron chi connectivity index (χ1n) is 4.74. The second kappa shape index (κ2) is 3.51. The van der Waals surface area contributed by atoms with E-state index in [1.54, 1.807) is 0 Å². The third-order valence-electron chi connectivity index (χ3n) is 2.46. The summed E-state index contributed by atoms with van der Waals surface area (Å²) in [7, 11) is 0. The third-order valence-corrected chi connectivity index (χ3v) is 2.46. The maximum Gasteiger partial charge on any atom is 0.0346 e. The molecule has 1 heteroatoms. The Morgan fingerprint density at radius 2 is 1.69 bits per heavy atom. The van der Waals surface area contributed by atoms with Gasteiger partial charge in [0.1, 0.15) is 0 Å². The monoisotopic (exact) mass is 177 g/mol. The van der Waals surface area contributed by atoms with Gasteiger partial charge < -0.3 is 5.73 Å². The van der Waals surface area contributed by atoms with E-state index in [1.165, 1.54) is 11.1 Å². The van der Waals surface area contributed by atoms with Gasteiger partial charge in [-0.2, -0.15) is 0 Å². The lowest BCUT2D eigenvalue weighted by molar-refractivity contribution is 0.326. The Labute approximate surface area is 81.0 Å². The molecule has 1 unspecified atom stereocenters. The van der Waals surface area contributed by atoms with Gasteiger partial charge in [-0.15, -0.1) is 0 Å². The summed E-state index contributed by atoms with van der Waals surface area (Å²) < 4.78 is 0. The molecule has 72 valence electrons. The molecule has 0 saturated heterocycles. The first kappa shape index (κ1) is 10.3. The van der Waals surface area contributed by atoms with E-state index in [1.807, 2.05) is 12.1 Å². The van der Waals surface area contributed by atoms with Crippen LogP contribution in [0, 0.1) is 12.3 Å². The topological polar surface area (TPSA) is 26.0 Å². The molecule has 0 radical (unpaired) electrons. The molecule has 1 atom stereocenters. The van der Waals surface area contributed by atoms with Gasteiger partial charge in [-0.25, -0.2) is 0 Å². The van der Waals surface area contributed by atoms with Crippen LogP contribution in [-0.2, 0) is 0 Å². The van der Waals surface area contributed by atoms with Crippen LogP contribution in [-0.4, -0.2) is 0 Å². The van der Waals surface area contributed by atoms with Gasteiger partial charge in [-0.05, 0) is 23.5 Å². The minimum Gasteiger partial charge on any atom is -0.324 e. The van der Waals surface area contributed by atoms with Crippen molar-refractivity contribution in [2.75, 3.05) is 0 Å². The van der Waals surface area contributed by atoms with Gasteiger partial charge in [0.25, 0.3) is 0 Å². The second-order valence-electron chi connectivity index (χ2n) is 4.70. The first-order chi connectivity index (χ1) is 5.93. The molecule has 0 aliphatic rings. The number of rotatable bonds is 1. The van der Waals surface area contributed by atoms with Crippen molar-refractivity contribution in [3.63, 3.8) is 0 Å². The largest absolute Gasteiger partial charge is 0.324 e. The Morgan fingerprint density at radius 3 is 2.15 bits per heavy atom. The van der Waals surface area contributed by atoms with E-state index < -0.39 is 0 Å². The lowest BCUT2D eigenvalue weighted by atomic mass is 9.81. The summed E-state index contributed by atoms with van der Waals surface area (Å²) in [5.41, 5.74) is 8.85. The van der Waals surface area contributed by atoms with Crippen LogP contribution in [0.1, 0.15) is 37.9 Å². The number of benzene rings is 1. The van der Waals surface area contributed by atoms with Crippen molar-refractivity contribution in [3.05, 3.63) is 35.4 Å². The molecule has 0 bridgehead atoms. The normalized spacial score (nSPS) is 14.2. The summed E-state index contributed by atoms with van der Waals surface area (Å²) in [4.78, 5) is 0. The van der Waals surface area contributed by atoms with E-state index in [4.69, 9.17) is 5.73 Å². The highest BCUT2D eigenvalue weighted by Gasteiger charge is 2.22. The zero-order valence-electron chi connectivity index (χ0n) is 8.96. The van der Waals surface area contributed by atoms with Crippen molar-refractivity contribution in [2.24, 2.45) is 11.1 Å². The minimum absolute atomic E-state index is 0.119. The van der Waals surface area contributed by atoms with Crippen LogP contribution in [0.5, 0.6) is 0 Å². The minimum atomic E-state index is 0.119. The maximum absolute atomic E-state index is 6.17. The van der Waals surface area contributed by atoms with Crippen LogP contribution >= 0.6 is 0 Å². The van der Waals surface area contributed by atoms with Crippen molar-refractivity contribution in [1.29, 1.82) is 0 Å². The SMILES string of the molecule is Cc1ccccc1C(N)C(C)(C)C. The van der Waals surface area contributed by atoms with E-state index in [9.17, 15) is 0 Å². The highest BCUT2D eigenvalue weighted by molar-refractivity contribution is 5.29. The van der Waals surface area contributed by atoms with Crippen molar-refractivity contribution in [2.45, 2.75) is 33.7 Å². The predicted octanol–water partition coefficient (Wildman–Crippen LogP) is 3.04. The van der Waals surface area contributed by atoms with E-state index >= 15 is 0 Å². The lowest BCUT2D eigenvalue weighted by Gasteiger charge is -2.28. The molecule has 0 fully saturated rings. The summed E-state index contributed by atoms with van der Waals surface area (Å²) in [6.07, 6.45) is 0. The maximum atomic E-state index is 6.17. The molecule has 0 aromatic heterocycles. The van der Waals surface area contributed by atoms with Crippen LogP contribution in [0.2, 0.25) is 0 Å². The molecule has 0 aliphatic heterocycles. The Kier molecular flexibility index (Phi) is 2.77. The van der Waals surface area contributed by atoms with E-state index in [0.717, 1.165) is 0 Å². The number of nitrogens with two attached hydrogens (primary N) is 1. The zero-order valence-corrected chi connectivity index (χ0v) is 8.96. The van der Waals surface area contributed by atoms with Crippen LogP contribution < -0.4 is 5.73 Å². The summed E-state index contributed by atoms with van der Waals surface area (Å²) in [6, 6.07) is 8.45. The number of aryl methyl sites for hydroxylation is 1. The fourth-order valence-corrected chi connectivity index (χ4v) is 1.40. The standard InChI is InChI=1S/C12H19N/c1-9-7-5-6-8-10(9)11(13)12(2,3)4/h5-8,11H,13H2,1-4H3. The van der Waals surface area contributed by atoms with E-state index in [2.05, 4.69) is 39.8 Å².